The highest BCUT2D eigenvalue weighted by Crippen LogP contribution is 2.22. The first kappa shape index (κ1) is 13.5. The molecule has 1 aromatic heterocycles. The molecule has 0 spiro atoms. The normalized spacial score (nSPS) is 10.7. The number of hydrogen-bond donors (Lipinski definition) is 1. The average Bonchev–Trinajstić information content (AvgIpc) is 2.71. The zero-order chi connectivity index (χ0) is 14.0. The molecule has 0 saturated heterocycles. The van der Waals surface area contributed by atoms with E-state index in [4.69, 9.17) is 16.7 Å². The summed E-state index contributed by atoms with van der Waals surface area (Å²) in [7, 11) is 0. The Balaban J connectivity index is 2.44. The molecule has 0 aliphatic heterocycles. The van der Waals surface area contributed by atoms with E-state index in [1.54, 1.807) is 17.7 Å². The second kappa shape index (κ2) is 5.40. The molecule has 19 heavy (non-hydrogen) atoms. The van der Waals surface area contributed by atoms with Gasteiger partial charge in [0, 0.05) is 11.4 Å². The molecule has 0 amide bonds. The standard InChI is InChI=1S/C13H14ClN3O2/c1-8-10(14)4-3-5-11(8)17-12(6-7-13(18)19)15-9(2)16-17/h3-5H,6-7H2,1-2H3,(H,18,19). The van der Waals surface area contributed by atoms with Gasteiger partial charge in [-0.1, -0.05) is 17.7 Å². The molecular formula is C13H14ClN3O2. The molecule has 2 aromatic rings. The number of aromatic nitrogens is 3. The summed E-state index contributed by atoms with van der Waals surface area (Å²) in [5.74, 6) is 0.389. The van der Waals surface area contributed by atoms with Gasteiger partial charge in [-0.2, -0.15) is 5.10 Å². The van der Waals surface area contributed by atoms with Crippen molar-refractivity contribution in [2.75, 3.05) is 0 Å². The van der Waals surface area contributed by atoms with Crippen LogP contribution in [0.15, 0.2) is 18.2 Å². The first-order valence-electron chi connectivity index (χ1n) is 5.89. The Hall–Kier alpha value is -1.88. The van der Waals surface area contributed by atoms with Crippen molar-refractivity contribution in [1.82, 2.24) is 14.8 Å². The summed E-state index contributed by atoms with van der Waals surface area (Å²) in [4.78, 5) is 14.9. The quantitative estimate of drug-likeness (QED) is 0.934. The third-order valence-corrected chi connectivity index (χ3v) is 3.22. The van der Waals surface area contributed by atoms with Crippen molar-refractivity contribution in [2.45, 2.75) is 26.7 Å². The largest absolute Gasteiger partial charge is 0.481 e. The molecule has 0 radical (unpaired) electrons. The van der Waals surface area contributed by atoms with Crippen molar-refractivity contribution in [3.05, 3.63) is 40.4 Å². The maximum Gasteiger partial charge on any atom is 0.303 e. The molecule has 0 atom stereocenters. The molecule has 0 aliphatic rings. The Bertz CT molecular complexity index is 622. The van der Waals surface area contributed by atoms with Gasteiger partial charge in [-0.15, -0.1) is 0 Å². The summed E-state index contributed by atoms with van der Waals surface area (Å²) >= 11 is 6.09. The van der Waals surface area contributed by atoms with Gasteiger partial charge in [0.15, 0.2) is 0 Å². The minimum atomic E-state index is -0.852. The molecule has 1 heterocycles. The molecule has 6 heteroatoms. The Morgan fingerprint density at radius 3 is 2.84 bits per heavy atom. The zero-order valence-electron chi connectivity index (χ0n) is 10.7. The van der Waals surface area contributed by atoms with Crippen molar-refractivity contribution in [3.63, 3.8) is 0 Å². The molecule has 0 saturated carbocycles. The number of halogens is 1. The lowest BCUT2D eigenvalue weighted by molar-refractivity contribution is -0.137. The van der Waals surface area contributed by atoms with Gasteiger partial charge in [-0.05, 0) is 31.5 Å². The van der Waals surface area contributed by atoms with Crippen LogP contribution in [0.2, 0.25) is 5.02 Å². The summed E-state index contributed by atoms with van der Waals surface area (Å²) in [6, 6.07) is 5.53. The Labute approximate surface area is 115 Å². The van der Waals surface area contributed by atoms with Gasteiger partial charge >= 0.3 is 5.97 Å². The highest BCUT2D eigenvalue weighted by atomic mass is 35.5. The van der Waals surface area contributed by atoms with Crippen LogP contribution < -0.4 is 0 Å². The lowest BCUT2D eigenvalue weighted by atomic mass is 10.2. The number of hydrogen-bond acceptors (Lipinski definition) is 3. The van der Waals surface area contributed by atoms with Crippen LogP contribution in [0, 0.1) is 13.8 Å². The van der Waals surface area contributed by atoms with Crippen molar-refractivity contribution >= 4 is 17.6 Å². The number of carboxylic acid groups (broad SMARTS) is 1. The fraction of sp³-hybridized carbons (Fsp3) is 0.308. The van der Waals surface area contributed by atoms with Gasteiger partial charge in [0.05, 0.1) is 12.1 Å². The van der Waals surface area contributed by atoms with Gasteiger partial charge in [-0.3, -0.25) is 4.79 Å². The first-order valence-corrected chi connectivity index (χ1v) is 6.26. The Morgan fingerprint density at radius 2 is 2.16 bits per heavy atom. The maximum absolute atomic E-state index is 10.7. The van der Waals surface area contributed by atoms with Gasteiger partial charge in [0.2, 0.25) is 0 Å². The summed E-state index contributed by atoms with van der Waals surface area (Å²) in [5.41, 5.74) is 1.72. The summed E-state index contributed by atoms with van der Waals surface area (Å²) in [6.07, 6.45) is 0.361. The fourth-order valence-corrected chi connectivity index (χ4v) is 2.03. The molecule has 1 N–H and O–H groups in total. The number of aliphatic carboxylic acids is 1. The van der Waals surface area contributed by atoms with E-state index in [1.165, 1.54) is 0 Å². The number of carboxylic acids is 1. The van der Waals surface area contributed by atoms with Crippen LogP contribution in [-0.4, -0.2) is 25.8 Å². The summed E-state index contributed by atoms with van der Waals surface area (Å²) < 4.78 is 1.67. The van der Waals surface area contributed by atoms with Crippen LogP contribution in [0.4, 0.5) is 0 Å². The van der Waals surface area contributed by atoms with Gasteiger partial charge < -0.3 is 5.11 Å². The lowest BCUT2D eigenvalue weighted by Crippen LogP contribution is -2.07. The van der Waals surface area contributed by atoms with Crippen molar-refractivity contribution < 1.29 is 9.90 Å². The third-order valence-electron chi connectivity index (χ3n) is 2.81. The van der Waals surface area contributed by atoms with Crippen LogP contribution in [0.3, 0.4) is 0 Å². The number of rotatable bonds is 4. The highest BCUT2D eigenvalue weighted by Gasteiger charge is 2.13. The second-order valence-corrected chi connectivity index (χ2v) is 4.67. The van der Waals surface area contributed by atoms with Gasteiger partial charge in [0.25, 0.3) is 0 Å². The minimum Gasteiger partial charge on any atom is -0.481 e. The Kier molecular flexibility index (Phi) is 3.85. The maximum atomic E-state index is 10.7. The topological polar surface area (TPSA) is 68.0 Å². The van der Waals surface area contributed by atoms with E-state index in [-0.39, 0.29) is 6.42 Å². The van der Waals surface area contributed by atoms with Crippen molar-refractivity contribution in [3.8, 4) is 5.69 Å². The van der Waals surface area contributed by atoms with Crippen LogP contribution in [0.1, 0.15) is 23.6 Å². The predicted molar refractivity (Wildman–Crippen MR) is 71.8 cm³/mol. The molecular weight excluding hydrogens is 266 g/mol. The molecule has 1 aromatic carbocycles. The minimum absolute atomic E-state index is 0.0255. The van der Waals surface area contributed by atoms with Crippen LogP contribution in [0.5, 0.6) is 0 Å². The third kappa shape index (κ3) is 2.93. The highest BCUT2D eigenvalue weighted by molar-refractivity contribution is 6.31. The molecule has 100 valence electrons. The number of nitrogens with zero attached hydrogens (tertiary/aromatic N) is 3. The van der Waals surface area contributed by atoms with E-state index >= 15 is 0 Å². The second-order valence-electron chi connectivity index (χ2n) is 4.26. The molecule has 0 fully saturated rings. The number of carbonyl (C=O) groups is 1. The van der Waals surface area contributed by atoms with E-state index in [1.807, 2.05) is 19.1 Å². The van der Waals surface area contributed by atoms with E-state index < -0.39 is 5.97 Å². The monoisotopic (exact) mass is 279 g/mol. The van der Waals surface area contributed by atoms with Crippen LogP contribution in [-0.2, 0) is 11.2 Å². The summed E-state index contributed by atoms with van der Waals surface area (Å²) in [5, 5.41) is 13.7. The summed E-state index contributed by atoms with van der Waals surface area (Å²) in [6.45, 7) is 3.68. The Morgan fingerprint density at radius 1 is 1.42 bits per heavy atom. The zero-order valence-corrected chi connectivity index (χ0v) is 11.5. The fourth-order valence-electron chi connectivity index (χ4n) is 1.86. The van der Waals surface area contributed by atoms with Crippen molar-refractivity contribution in [2.24, 2.45) is 0 Å². The first-order chi connectivity index (χ1) is 8.99. The van der Waals surface area contributed by atoms with E-state index in [9.17, 15) is 4.79 Å². The predicted octanol–water partition coefficient (Wildman–Crippen LogP) is 2.55. The van der Waals surface area contributed by atoms with Gasteiger partial charge in [0.1, 0.15) is 11.6 Å². The van der Waals surface area contributed by atoms with Crippen LogP contribution in [0.25, 0.3) is 5.69 Å². The smallest absolute Gasteiger partial charge is 0.303 e. The van der Waals surface area contributed by atoms with E-state index in [0.717, 1.165) is 11.3 Å². The van der Waals surface area contributed by atoms with E-state index in [0.29, 0.717) is 23.1 Å². The number of benzene rings is 1. The van der Waals surface area contributed by atoms with Crippen LogP contribution >= 0.6 is 11.6 Å². The lowest BCUT2D eigenvalue weighted by Gasteiger charge is -2.09. The van der Waals surface area contributed by atoms with E-state index in [2.05, 4.69) is 10.1 Å². The van der Waals surface area contributed by atoms with Crippen molar-refractivity contribution in [1.29, 1.82) is 0 Å². The average molecular weight is 280 g/mol. The molecule has 0 unspecified atom stereocenters. The SMILES string of the molecule is Cc1nc(CCC(=O)O)n(-c2cccc(Cl)c2C)n1. The molecule has 0 aliphatic carbocycles. The molecule has 0 bridgehead atoms. The van der Waals surface area contributed by atoms with Gasteiger partial charge in [-0.25, -0.2) is 9.67 Å². The number of aryl methyl sites for hydroxylation is 2. The molecule has 5 nitrogen and oxygen atoms in total. The molecule has 2 rings (SSSR count).